The Bertz CT molecular complexity index is 1080. The summed E-state index contributed by atoms with van der Waals surface area (Å²) < 4.78 is 14.3. The van der Waals surface area contributed by atoms with Crippen molar-refractivity contribution in [3.8, 4) is 5.75 Å². The number of ether oxygens (including phenoxy) is 1. The van der Waals surface area contributed by atoms with Crippen molar-refractivity contribution in [3.63, 3.8) is 0 Å². The monoisotopic (exact) mass is 375 g/mol. The third-order valence-electron chi connectivity index (χ3n) is 4.24. The molecule has 0 fully saturated rings. The van der Waals surface area contributed by atoms with Gasteiger partial charge in [-0.3, -0.25) is 4.79 Å². The first-order valence-corrected chi connectivity index (χ1v) is 9.24. The predicted octanol–water partition coefficient (Wildman–Crippen LogP) is 4.83. The minimum atomic E-state index is -0.187. The van der Waals surface area contributed by atoms with Crippen LogP contribution in [0, 0.1) is 6.92 Å². The number of carbonyl (C=O) groups is 1. The van der Waals surface area contributed by atoms with Crippen LogP contribution in [0.4, 0.5) is 5.69 Å². The zero-order valence-corrected chi connectivity index (χ0v) is 15.5. The van der Waals surface area contributed by atoms with Gasteiger partial charge in [-0.05, 0) is 48.4 Å². The Morgan fingerprint density at radius 2 is 1.78 bits per heavy atom. The van der Waals surface area contributed by atoms with E-state index in [1.807, 2.05) is 49.4 Å². The van der Waals surface area contributed by atoms with Crippen LogP contribution in [0.2, 0.25) is 0 Å². The van der Waals surface area contributed by atoms with Gasteiger partial charge >= 0.3 is 0 Å². The Morgan fingerprint density at radius 3 is 2.56 bits per heavy atom. The first-order chi connectivity index (χ1) is 13.2. The first-order valence-electron chi connectivity index (χ1n) is 8.51. The minimum Gasteiger partial charge on any atom is -0.489 e. The number of nitrogens with one attached hydrogen (secondary N) is 1. The standard InChI is InChI=1S/C21H17N3O2S/c1-14-7-12-18-20(24-27-23-18)19(14)22-21(25)16-8-10-17(11-9-16)26-13-15-5-3-2-4-6-15/h2-12H,13H2,1H3,(H,22,25). The number of carbonyl (C=O) groups excluding carboxylic acids is 1. The maximum Gasteiger partial charge on any atom is 0.255 e. The van der Waals surface area contributed by atoms with E-state index >= 15 is 0 Å². The number of aromatic nitrogens is 2. The quantitative estimate of drug-likeness (QED) is 0.543. The number of amides is 1. The van der Waals surface area contributed by atoms with Gasteiger partial charge in [-0.25, -0.2) is 0 Å². The SMILES string of the molecule is Cc1ccc2nsnc2c1NC(=O)c1ccc(OCc2ccccc2)cc1. The Hall–Kier alpha value is -3.25. The summed E-state index contributed by atoms with van der Waals surface area (Å²) >= 11 is 1.14. The van der Waals surface area contributed by atoms with Crippen LogP contribution in [0.15, 0.2) is 66.7 Å². The van der Waals surface area contributed by atoms with E-state index in [4.69, 9.17) is 4.74 Å². The third kappa shape index (κ3) is 3.80. The summed E-state index contributed by atoms with van der Waals surface area (Å²) in [6.07, 6.45) is 0. The van der Waals surface area contributed by atoms with Gasteiger partial charge in [0.2, 0.25) is 0 Å². The summed E-state index contributed by atoms with van der Waals surface area (Å²) in [4.78, 5) is 12.6. The smallest absolute Gasteiger partial charge is 0.255 e. The van der Waals surface area contributed by atoms with Crippen LogP contribution in [0.25, 0.3) is 11.0 Å². The Balaban J connectivity index is 1.46. The largest absolute Gasteiger partial charge is 0.489 e. The number of rotatable bonds is 5. The van der Waals surface area contributed by atoms with Crippen LogP contribution < -0.4 is 10.1 Å². The Labute approximate surface area is 161 Å². The minimum absolute atomic E-state index is 0.187. The van der Waals surface area contributed by atoms with Gasteiger partial charge in [-0.2, -0.15) is 8.75 Å². The lowest BCUT2D eigenvalue weighted by molar-refractivity contribution is 0.102. The second-order valence-electron chi connectivity index (χ2n) is 6.14. The van der Waals surface area contributed by atoms with Gasteiger partial charge in [0.05, 0.1) is 17.4 Å². The summed E-state index contributed by atoms with van der Waals surface area (Å²) in [5.74, 6) is 0.533. The van der Waals surface area contributed by atoms with Crippen molar-refractivity contribution in [1.82, 2.24) is 8.75 Å². The molecule has 134 valence electrons. The third-order valence-corrected chi connectivity index (χ3v) is 4.78. The normalized spacial score (nSPS) is 10.7. The highest BCUT2D eigenvalue weighted by molar-refractivity contribution is 7.00. The van der Waals surface area contributed by atoms with Crippen molar-refractivity contribution in [2.45, 2.75) is 13.5 Å². The molecule has 1 amide bonds. The highest BCUT2D eigenvalue weighted by Crippen LogP contribution is 2.26. The second kappa shape index (κ2) is 7.55. The first kappa shape index (κ1) is 17.2. The molecule has 1 aromatic heterocycles. The molecule has 5 nitrogen and oxygen atoms in total. The summed E-state index contributed by atoms with van der Waals surface area (Å²) in [6.45, 7) is 2.43. The van der Waals surface area contributed by atoms with Gasteiger partial charge in [-0.15, -0.1) is 0 Å². The van der Waals surface area contributed by atoms with E-state index in [1.54, 1.807) is 24.3 Å². The molecule has 0 saturated heterocycles. The van der Waals surface area contributed by atoms with Crippen molar-refractivity contribution < 1.29 is 9.53 Å². The van der Waals surface area contributed by atoms with Gasteiger partial charge in [0, 0.05) is 5.56 Å². The molecule has 6 heteroatoms. The highest BCUT2D eigenvalue weighted by Gasteiger charge is 2.13. The molecule has 4 aromatic rings. The van der Waals surface area contributed by atoms with Gasteiger partial charge in [0.1, 0.15) is 23.4 Å². The highest BCUT2D eigenvalue weighted by atomic mass is 32.1. The molecule has 0 saturated carbocycles. The summed E-state index contributed by atoms with van der Waals surface area (Å²) in [5, 5.41) is 2.96. The molecule has 0 unspecified atom stereocenters. The molecular formula is C21H17N3O2S. The number of hydrogen-bond donors (Lipinski definition) is 1. The zero-order valence-electron chi connectivity index (χ0n) is 14.7. The fourth-order valence-electron chi connectivity index (χ4n) is 2.74. The number of aryl methyl sites for hydroxylation is 1. The van der Waals surface area contributed by atoms with E-state index in [-0.39, 0.29) is 5.91 Å². The predicted molar refractivity (Wildman–Crippen MR) is 107 cm³/mol. The zero-order chi connectivity index (χ0) is 18.6. The summed E-state index contributed by atoms with van der Waals surface area (Å²) in [5.41, 5.74) is 4.81. The molecule has 0 atom stereocenters. The van der Waals surface area contributed by atoms with Crippen molar-refractivity contribution in [1.29, 1.82) is 0 Å². The van der Waals surface area contributed by atoms with E-state index < -0.39 is 0 Å². The number of hydrogen-bond acceptors (Lipinski definition) is 5. The van der Waals surface area contributed by atoms with E-state index in [9.17, 15) is 4.79 Å². The van der Waals surface area contributed by atoms with E-state index in [0.717, 1.165) is 39.6 Å². The topological polar surface area (TPSA) is 64.1 Å². The van der Waals surface area contributed by atoms with E-state index in [2.05, 4.69) is 14.1 Å². The molecule has 0 aliphatic carbocycles. The average molecular weight is 375 g/mol. The van der Waals surface area contributed by atoms with Crippen molar-refractivity contribution in [2.24, 2.45) is 0 Å². The molecule has 3 aromatic carbocycles. The van der Waals surface area contributed by atoms with Crippen LogP contribution in [0.1, 0.15) is 21.5 Å². The van der Waals surface area contributed by atoms with E-state index in [1.165, 1.54) is 0 Å². The van der Waals surface area contributed by atoms with E-state index in [0.29, 0.717) is 17.9 Å². The number of benzene rings is 3. The molecule has 1 N–H and O–H groups in total. The lowest BCUT2D eigenvalue weighted by Gasteiger charge is -2.10. The molecule has 0 radical (unpaired) electrons. The Morgan fingerprint density at radius 1 is 1.00 bits per heavy atom. The molecule has 4 rings (SSSR count). The maximum absolute atomic E-state index is 12.6. The molecule has 1 heterocycles. The number of anilines is 1. The second-order valence-corrected chi connectivity index (χ2v) is 6.67. The number of fused-ring (bicyclic) bond motifs is 1. The lowest BCUT2D eigenvalue weighted by Crippen LogP contribution is -2.13. The van der Waals surface area contributed by atoms with Crippen LogP contribution in [-0.4, -0.2) is 14.7 Å². The molecule has 0 bridgehead atoms. The molecular weight excluding hydrogens is 358 g/mol. The maximum atomic E-state index is 12.6. The van der Waals surface area contributed by atoms with Crippen molar-refractivity contribution in [2.75, 3.05) is 5.32 Å². The van der Waals surface area contributed by atoms with Gasteiger partial charge in [0.25, 0.3) is 5.91 Å². The fraction of sp³-hybridized carbons (Fsp3) is 0.0952. The van der Waals surface area contributed by atoms with Crippen LogP contribution in [0.3, 0.4) is 0 Å². The van der Waals surface area contributed by atoms with Crippen LogP contribution in [-0.2, 0) is 6.61 Å². The van der Waals surface area contributed by atoms with Gasteiger partial charge in [-0.1, -0.05) is 36.4 Å². The fourth-order valence-corrected chi connectivity index (χ4v) is 3.28. The van der Waals surface area contributed by atoms with Crippen molar-refractivity contribution in [3.05, 3.63) is 83.4 Å². The number of nitrogens with zero attached hydrogens (tertiary/aromatic N) is 2. The molecule has 0 aliphatic heterocycles. The molecule has 0 spiro atoms. The van der Waals surface area contributed by atoms with Crippen LogP contribution >= 0.6 is 11.7 Å². The van der Waals surface area contributed by atoms with Gasteiger partial charge < -0.3 is 10.1 Å². The summed E-state index contributed by atoms with van der Waals surface area (Å²) in [7, 11) is 0. The van der Waals surface area contributed by atoms with Crippen molar-refractivity contribution >= 4 is 34.4 Å². The lowest BCUT2D eigenvalue weighted by atomic mass is 10.1. The van der Waals surface area contributed by atoms with Crippen LogP contribution in [0.5, 0.6) is 5.75 Å². The average Bonchev–Trinajstić information content (AvgIpc) is 3.19. The molecule has 27 heavy (non-hydrogen) atoms. The van der Waals surface area contributed by atoms with Gasteiger partial charge in [0.15, 0.2) is 0 Å². The Kier molecular flexibility index (Phi) is 4.80. The molecule has 0 aliphatic rings. The summed E-state index contributed by atoms with van der Waals surface area (Å²) in [6, 6.07) is 20.9.